The molecule has 0 bridgehead atoms. The Morgan fingerprint density at radius 3 is 2.32 bits per heavy atom. The summed E-state index contributed by atoms with van der Waals surface area (Å²) in [5, 5.41) is 7.99. The van der Waals surface area contributed by atoms with Crippen molar-refractivity contribution in [2.45, 2.75) is 27.2 Å². The normalized spacial score (nSPS) is 16.6. The molecule has 1 saturated heterocycles. The van der Waals surface area contributed by atoms with Gasteiger partial charge in [-0.25, -0.2) is 4.98 Å². The van der Waals surface area contributed by atoms with E-state index in [-0.39, 0.29) is 24.0 Å². The van der Waals surface area contributed by atoms with Crippen LogP contribution in [-0.2, 0) is 6.42 Å². The second-order valence-corrected chi connectivity index (χ2v) is 7.49. The quantitative estimate of drug-likeness (QED) is 0.354. The van der Waals surface area contributed by atoms with E-state index >= 15 is 0 Å². The van der Waals surface area contributed by atoms with E-state index in [0.717, 1.165) is 37.7 Å². The summed E-state index contributed by atoms with van der Waals surface area (Å²) in [5.41, 5.74) is 1.15. The Labute approximate surface area is 173 Å². The molecule has 0 unspecified atom stereocenters. The number of thiazole rings is 1. The fourth-order valence-corrected chi connectivity index (χ4v) is 3.75. The van der Waals surface area contributed by atoms with Crippen LogP contribution in [0.3, 0.4) is 0 Å². The lowest BCUT2D eigenvalue weighted by Crippen LogP contribution is -2.49. The Balaban J connectivity index is 0.00000312. The van der Waals surface area contributed by atoms with E-state index in [1.165, 1.54) is 42.6 Å². The zero-order chi connectivity index (χ0) is 17.4. The number of nitrogens with one attached hydrogen (secondary N) is 2. The number of aromatic nitrogens is 1. The molecule has 2 rings (SSSR count). The van der Waals surface area contributed by atoms with Crippen LogP contribution in [0.15, 0.2) is 4.99 Å². The van der Waals surface area contributed by atoms with Crippen LogP contribution >= 0.6 is 35.3 Å². The van der Waals surface area contributed by atoms with Crippen LogP contribution in [0.5, 0.6) is 0 Å². The maximum Gasteiger partial charge on any atom is 0.191 e. The van der Waals surface area contributed by atoms with Crippen molar-refractivity contribution in [1.29, 1.82) is 0 Å². The molecule has 0 spiro atoms. The van der Waals surface area contributed by atoms with Crippen LogP contribution in [-0.4, -0.2) is 80.1 Å². The predicted molar refractivity (Wildman–Crippen MR) is 119 cm³/mol. The first-order valence-corrected chi connectivity index (χ1v) is 9.76. The van der Waals surface area contributed by atoms with Gasteiger partial charge in [-0.15, -0.1) is 35.3 Å². The minimum Gasteiger partial charge on any atom is -0.356 e. The van der Waals surface area contributed by atoms with Crippen molar-refractivity contribution in [3.8, 4) is 0 Å². The van der Waals surface area contributed by atoms with Gasteiger partial charge in [0, 0.05) is 64.2 Å². The van der Waals surface area contributed by atoms with Crippen LogP contribution in [0.2, 0.25) is 0 Å². The van der Waals surface area contributed by atoms with Gasteiger partial charge in [0.05, 0.1) is 10.7 Å². The van der Waals surface area contributed by atoms with E-state index < -0.39 is 0 Å². The van der Waals surface area contributed by atoms with Crippen molar-refractivity contribution in [1.82, 2.24) is 25.4 Å². The van der Waals surface area contributed by atoms with Crippen molar-refractivity contribution in [2.24, 2.45) is 4.99 Å². The molecule has 144 valence electrons. The van der Waals surface area contributed by atoms with Gasteiger partial charge in [0.25, 0.3) is 0 Å². The van der Waals surface area contributed by atoms with Gasteiger partial charge in [-0.2, -0.15) is 0 Å². The molecule has 0 aromatic carbocycles. The monoisotopic (exact) mass is 480 g/mol. The molecule has 2 N–H and O–H groups in total. The smallest absolute Gasteiger partial charge is 0.191 e. The Bertz CT molecular complexity index is 506. The average molecular weight is 480 g/mol. The molecule has 1 fully saturated rings. The number of piperazine rings is 1. The van der Waals surface area contributed by atoms with Crippen LogP contribution < -0.4 is 10.6 Å². The van der Waals surface area contributed by atoms with Gasteiger partial charge in [0.15, 0.2) is 5.96 Å². The number of hydrogen-bond donors (Lipinski definition) is 2. The summed E-state index contributed by atoms with van der Waals surface area (Å²) in [5.74, 6) is 0.882. The second kappa shape index (κ2) is 12.0. The fourth-order valence-electron chi connectivity index (χ4n) is 2.82. The zero-order valence-electron chi connectivity index (χ0n) is 16.0. The van der Waals surface area contributed by atoms with E-state index in [1.807, 2.05) is 7.05 Å². The molecule has 8 heteroatoms. The van der Waals surface area contributed by atoms with Crippen LogP contribution in [0.4, 0.5) is 0 Å². The molecule has 6 nitrogen and oxygen atoms in total. The highest BCUT2D eigenvalue weighted by molar-refractivity contribution is 14.0. The van der Waals surface area contributed by atoms with E-state index in [2.05, 4.69) is 51.2 Å². The van der Waals surface area contributed by atoms with Gasteiger partial charge in [-0.1, -0.05) is 6.92 Å². The Kier molecular flexibility index (Phi) is 10.9. The summed E-state index contributed by atoms with van der Waals surface area (Å²) < 4.78 is 0. The van der Waals surface area contributed by atoms with Gasteiger partial charge in [-0.3, -0.25) is 9.89 Å². The predicted octanol–water partition coefficient (Wildman–Crippen LogP) is 1.72. The van der Waals surface area contributed by atoms with Crippen LogP contribution in [0, 0.1) is 13.8 Å². The SMILES string of the molecule is CCN1CCN(CCNC(=NC)NCCc2nc(C)c(C)s2)CC1.I. The maximum absolute atomic E-state index is 4.58. The second-order valence-electron chi connectivity index (χ2n) is 6.20. The molecule has 0 atom stereocenters. The summed E-state index contributed by atoms with van der Waals surface area (Å²) in [6.07, 6.45) is 0.943. The third-order valence-electron chi connectivity index (χ3n) is 4.56. The van der Waals surface area contributed by atoms with Crippen molar-refractivity contribution in [2.75, 3.05) is 59.4 Å². The highest BCUT2D eigenvalue weighted by atomic mass is 127. The van der Waals surface area contributed by atoms with Crippen molar-refractivity contribution < 1.29 is 0 Å². The number of guanidine groups is 1. The van der Waals surface area contributed by atoms with Crippen molar-refractivity contribution in [3.05, 3.63) is 15.6 Å². The summed E-state index contributed by atoms with van der Waals surface area (Å²) >= 11 is 1.79. The molecule has 1 aromatic rings. The standard InChI is InChI=1S/C17H32N6S.HI/c1-5-22-10-12-23(13-11-22)9-8-20-17(18-4)19-7-6-16-21-14(2)15(3)24-16;/h5-13H2,1-4H3,(H2,18,19,20);1H. The van der Waals surface area contributed by atoms with E-state index in [9.17, 15) is 0 Å². The average Bonchev–Trinajstić information content (AvgIpc) is 2.92. The van der Waals surface area contributed by atoms with Gasteiger partial charge in [0.1, 0.15) is 0 Å². The number of rotatable bonds is 7. The Hall–Kier alpha value is -0.450. The molecule has 0 saturated carbocycles. The lowest BCUT2D eigenvalue weighted by molar-refractivity contribution is 0.139. The topological polar surface area (TPSA) is 55.8 Å². The summed E-state index contributed by atoms with van der Waals surface area (Å²) in [7, 11) is 1.83. The molecular formula is C17H33IN6S. The van der Waals surface area contributed by atoms with Crippen LogP contribution in [0.1, 0.15) is 22.5 Å². The molecule has 25 heavy (non-hydrogen) atoms. The highest BCUT2D eigenvalue weighted by Crippen LogP contribution is 2.16. The lowest BCUT2D eigenvalue weighted by atomic mass is 10.3. The summed E-state index contributed by atoms with van der Waals surface area (Å²) in [6.45, 7) is 15.2. The molecule has 2 heterocycles. The number of hydrogen-bond acceptors (Lipinski definition) is 5. The Morgan fingerprint density at radius 2 is 1.76 bits per heavy atom. The molecule has 1 aliphatic rings. The summed E-state index contributed by atoms with van der Waals surface area (Å²) in [4.78, 5) is 15.2. The van der Waals surface area contributed by atoms with Gasteiger partial charge in [-0.05, 0) is 20.4 Å². The third kappa shape index (κ3) is 7.76. The molecular weight excluding hydrogens is 447 g/mol. The minimum atomic E-state index is 0. The van der Waals surface area contributed by atoms with Crippen LogP contribution in [0.25, 0.3) is 0 Å². The first-order chi connectivity index (χ1) is 11.6. The van der Waals surface area contributed by atoms with Gasteiger partial charge < -0.3 is 15.5 Å². The number of likely N-dealkylation sites (N-methyl/N-ethyl adjacent to an activating group) is 1. The van der Waals surface area contributed by atoms with E-state index in [0.29, 0.717) is 0 Å². The third-order valence-corrected chi connectivity index (χ3v) is 5.69. The number of halogens is 1. The summed E-state index contributed by atoms with van der Waals surface area (Å²) in [6, 6.07) is 0. The number of nitrogens with zero attached hydrogens (tertiary/aromatic N) is 4. The van der Waals surface area contributed by atoms with Gasteiger partial charge >= 0.3 is 0 Å². The largest absolute Gasteiger partial charge is 0.356 e. The van der Waals surface area contributed by atoms with E-state index in [4.69, 9.17) is 0 Å². The molecule has 0 aliphatic carbocycles. The highest BCUT2D eigenvalue weighted by Gasteiger charge is 2.14. The first-order valence-electron chi connectivity index (χ1n) is 8.94. The molecule has 0 amide bonds. The zero-order valence-corrected chi connectivity index (χ0v) is 19.1. The molecule has 1 aliphatic heterocycles. The minimum absolute atomic E-state index is 0. The molecule has 1 aromatic heterocycles. The van der Waals surface area contributed by atoms with Crippen molar-refractivity contribution in [3.63, 3.8) is 0 Å². The first kappa shape index (κ1) is 22.6. The molecule has 0 radical (unpaired) electrons. The number of aryl methyl sites for hydroxylation is 2. The van der Waals surface area contributed by atoms with Crippen molar-refractivity contribution >= 4 is 41.3 Å². The Morgan fingerprint density at radius 1 is 1.12 bits per heavy atom. The fraction of sp³-hybridized carbons (Fsp3) is 0.765. The van der Waals surface area contributed by atoms with E-state index in [1.54, 1.807) is 11.3 Å². The maximum atomic E-state index is 4.58. The van der Waals surface area contributed by atoms with Gasteiger partial charge in [0.2, 0.25) is 0 Å². The lowest BCUT2D eigenvalue weighted by Gasteiger charge is -2.34. The number of aliphatic imine (C=N–C) groups is 1.